The van der Waals surface area contributed by atoms with Crippen LogP contribution in [0.2, 0.25) is 0 Å². The van der Waals surface area contributed by atoms with Crippen LogP contribution in [-0.2, 0) is 12.8 Å². The number of rotatable bonds is 5. The molecule has 0 aromatic heterocycles. The Kier molecular flexibility index (Phi) is 5.85. The highest BCUT2D eigenvalue weighted by Crippen LogP contribution is 2.38. The number of ether oxygens (including phenoxy) is 1. The van der Waals surface area contributed by atoms with Crippen LogP contribution in [0.15, 0.2) is 42.5 Å². The lowest BCUT2D eigenvalue weighted by Crippen LogP contribution is -2.13. The first-order chi connectivity index (χ1) is 13.7. The molecular weight excluding hydrogens is 347 g/mol. The Morgan fingerprint density at radius 1 is 1.00 bits per heavy atom. The molecule has 0 bridgehead atoms. The fourth-order valence-corrected chi connectivity index (χ4v) is 5.07. The molecule has 2 aliphatic rings. The van der Waals surface area contributed by atoms with Crippen LogP contribution in [0.4, 0.5) is 4.39 Å². The average molecular weight is 379 g/mol. The summed E-state index contributed by atoms with van der Waals surface area (Å²) in [6.45, 7) is 2.30. The lowest BCUT2D eigenvalue weighted by atomic mass is 9.77. The SMILES string of the molecule is CCCC1CCC(c2ccc(C3=CCc4c(ccc(OC)c4F)C3)cc2)CC1. The van der Waals surface area contributed by atoms with Crippen LogP contribution in [0.5, 0.6) is 5.75 Å². The topological polar surface area (TPSA) is 9.23 Å². The van der Waals surface area contributed by atoms with Crippen molar-refractivity contribution in [3.63, 3.8) is 0 Å². The van der Waals surface area contributed by atoms with Gasteiger partial charge in [-0.2, -0.15) is 0 Å². The maximum atomic E-state index is 14.5. The minimum Gasteiger partial charge on any atom is -0.494 e. The van der Waals surface area contributed by atoms with Gasteiger partial charge in [-0.3, -0.25) is 0 Å². The van der Waals surface area contributed by atoms with Crippen molar-refractivity contribution in [3.8, 4) is 5.75 Å². The molecule has 1 fully saturated rings. The lowest BCUT2D eigenvalue weighted by Gasteiger charge is -2.28. The Labute approximate surface area is 168 Å². The molecule has 2 heteroatoms. The highest BCUT2D eigenvalue weighted by molar-refractivity contribution is 5.71. The van der Waals surface area contributed by atoms with Gasteiger partial charge in [-0.1, -0.05) is 56.2 Å². The summed E-state index contributed by atoms with van der Waals surface area (Å²) < 4.78 is 19.6. The predicted molar refractivity (Wildman–Crippen MR) is 114 cm³/mol. The first-order valence-corrected chi connectivity index (χ1v) is 10.8. The number of hydrogen-bond acceptors (Lipinski definition) is 1. The van der Waals surface area contributed by atoms with Gasteiger partial charge in [0.25, 0.3) is 0 Å². The Morgan fingerprint density at radius 3 is 2.43 bits per heavy atom. The fourth-order valence-electron chi connectivity index (χ4n) is 5.07. The minimum absolute atomic E-state index is 0.204. The Morgan fingerprint density at radius 2 is 1.75 bits per heavy atom. The van der Waals surface area contributed by atoms with Gasteiger partial charge < -0.3 is 4.74 Å². The van der Waals surface area contributed by atoms with Crippen molar-refractivity contribution in [1.82, 2.24) is 0 Å². The maximum absolute atomic E-state index is 14.5. The average Bonchev–Trinajstić information content (AvgIpc) is 2.75. The third-order valence-electron chi connectivity index (χ3n) is 6.75. The first kappa shape index (κ1) is 19.2. The van der Waals surface area contributed by atoms with E-state index < -0.39 is 0 Å². The highest BCUT2D eigenvalue weighted by atomic mass is 19.1. The van der Waals surface area contributed by atoms with Crippen molar-refractivity contribution in [3.05, 3.63) is 70.5 Å². The molecular formula is C26H31FO. The molecule has 2 aliphatic carbocycles. The van der Waals surface area contributed by atoms with Crippen LogP contribution >= 0.6 is 0 Å². The van der Waals surface area contributed by atoms with Crippen molar-refractivity contribution in [2.24, 2.45) is 5.92 Å². The van der Waals surface area contributed by atoms with E-state index in [0.717, 1.165) is 29.4 Å². The van der Waals surface area contributed by atoms with Crippen LogP contribution < -0.4 is 4.74 Å². The fraction of sp³-hybridized carbons (Fsp3) is 0.462. The summed E-state index contributed by atoms with van der Waals surface area (Å²) in [5.41, 5.74) is 5.92. The second-order valence-electron chi connectivity index (χ2n) is 8.46. The molecule has 148 valence electrons. The van der Waals surface area contributed by atoms with E-state index in [0.29, 0.717) is 12.2 Å². The summed E-state index contributed by atoms with van der Waals surface area (Å²) in [4.78, 5) is 0. The standard InChI is InChI=1S/C26H31FO/c1-3-4-18-5-7-19(8-6-18)20-9-11-21(12-10-20)22-13-15-24-23(17-22)14-16-25(28-2)26(24)27/h9-14,16,18-19H,3-8,15,17H2,1-2H3. The van der Waals surface area contributed by atoms with Crippen molar-refractivity contribution < 1.29 is 9.13 Å². The molecule has 2 aromatic carbocycles. The summed E-state index contributed by atoms with van der Waals surface area (Å²) in [6.07, 6.45) is 11.8. The number of benzene rings is 2. The molecule has 1 saturated carbocycles. The van der Waals surface area contributed by atoms with E-state index in [1.54, 1.807) is 6.07 Å². The Bertz CT molecular complexity index is 841. The Balaban J connectivity index is 1.44. The van der Waals surface area contributed by atoms with Crippen molar-refractivity contribution in [1.29, 1.82) is 0 Å². The normalized spacial score (nSPS) is 21.8. The molecule has 0 atom stereocenters. The van der Waals surface area contributed by atoms with Gasteiger partial charge in [0.2, 0.25) is 0 Å². The quantitative estimate of drug-likeness (QED) is 0.539. The highest BCUT2D eigenvalue weighted by Gasteiger charge is 2.22. The third-order valence-corrected chi connectivity index (χ3v) is 6.75. The zero-order chi connectivity index (χ0) is 19.5. The number of methoxy groups -OCH3 is 1. The van der Waals surface area contributed by atoms with Crippen molar-refractivity contribution in [2.45, 2.75) is 64.2 Å². The van der Waals surface area contributed by atoms with E-state index >= 15 is 0 Å². The van der Waals surface area contributed by atoms with Crippen LogP contribution in [0.1, 0.15) is 73.6 Å². The summed E-state index contributed by atoms with van der Waals surface area (Å²) in [5, 5.41) is 0. The van der Waals surface area contributed by atoms with E-state index in [1.165, 1.54) is 62.3 Å². The van der Waals surface area contributed by atoms with Gasteiger partial charge in [-0.25, -0.2) is 4.39 Å². The van der Waals surface area contributed by atoms with Gasteiger partial charge >= 0.3 is 0 Å². The van der Waals surface area contributed by atoms with E-state index in [1.807, 2.05) is 6.07 Å². The molecule has 4 rings (SSSR count). The number of allylic oxidation sites excluding steroid dienone is 2. The molecule has 0 spiro atoms. The molecule has 2 aromatic rings. The number of halogens is 1. The molecule has 28 heavy (non-hydrogen) atoms. The van der Waals surface area contributed by atoms with Crippen LogP contribution in [0.3, 0.4) is 0 Å². The Hall–Kier alpha value is -2.09. The second-order valence-corrected chi connectivity index (χ2v) is 8.46. The first-order valence-electron chi connectivity index (χ1n) is 10.8. The molecule has 0 aliphatic heterocycles. The molecule has 0 amide bonds. The van der Waals surface area contributed by atoms with Gasteiger partial charge in [0.05, 0.1) is 7.11 Å². The smallest absolute Gasteiger partial charge is 0.168 e. The zero-order valence-corrected chi connectivity index (χ0v) is 17.1. The molecule has 0 N–H and O–H groups in total. The third kappa shape index (κ3) is 3.87. The zero-order valence-electron chi connectivity index (χ0n) is 17.1. The number of fused-ring (bicyclic) bond motifs is 1. The molecule has 1 nitrogen and oxygen atoms in total. The van der Waals surface area contributed by atoms with Gasteiger partial charge in [0, 0.05) is 0 Å². The van der Waals surface area contributed by atoms with Crippen LogP contribution in [0.25, 0.3) is 5.57 Å². The molecule has 0 radical (unpaired) electrons. The lowest BCUT2D eigenvalue weighted by molar-refractivity contribution is 0.308. The van der Waals surface area contributed by atoms with Gasteiger partial charge in [-0.05, 0) is 84.3 Å². The molecule has 0 heterocycles. The van der Waals surface area contributed by atoms with Gasteiger partial charge in [0.15, 0.2) is 11.6 Å². The van der Waals surface area contributed by atoms with Gasteiger partial charge in [0.1, 0.15) is 0 Å². The predicted octanol–water partition coefficient (Wildman–Crippen LogP) is 7.09. The largest absolute Gasteiger partial charge is 0.494 e. The molecule has 0 saturated heterocycles. The minimum atomic E-state index is -0.204. The van der Waals surface area contributed by atoms with Crippen molar-refractivity contribution >= 4 is 5.57 Å². The maximum Gasteiger partial charge on any atom is 0.168 e. The number of hydrogen-bond donors (Lipinski definition) is 0. The summed E-state index contributed by atoms with van der Waals surface area (Å²) in [7, 11) is 1.52. The van der Waals surface area contributed by atoms with E-state index in [9.17, 15) is 4.39 Å². The van der Waals surface area contributed by atoms with Crippen LogP contribution in [-0.4, -0.2) is 7.11 Å². The van der Waals surface area contributed by atoms with Crippen LogP contribution in [0, 0.1) is 11.7 Å². The summed E-state index contributed by atoms with van der Waals surface area (Å²) >= 11 is 0. The van der Waals surface area contributed by atoms with Gasteiger partial charge in [-0.15, -0.1) is 0 Å². The van der Waals surface area contributed by atoms with E-state index in [2.05, 4.69) is 37.3 Å². The monoisotopic (exact) mass is 378 g/mol. The second kappa shape index (κ2) is 8.51. The van der Waals surface area contributed by atoms with E-state index in [-0.39, 0.29) is 5.82 Å². The van der Waals surface area contributed by atoms with Crippen molar-refractivity contribution in [2.75, 3.05) is 7.11 Å². The molecule has 0 unspecified atom stereocenters. The summed E-state index contributed by atoms with van der Waals surface area (Å²) in [5.74, 6) is 1.81. The van der Waals surface area contributed by atoms with E-state index in [4.69, 9.17) is 4.74 Å². The summed E-state index contributed by atoms with van der Waals surface area (Å²) in [6, 6.07) is 12.9.